The molecule has 2 heteroatoms. The first kappa shape index (κ1) is 11.1. The molecule has 0 unspecified atom stereocenters. The summed E-state index contributed by atoms with van der Waals surface area (Å²) in [6, 6.07) is 7.88. The minimum Gasteiger partial charge on any atom is -0.464 e. The summed E-state index contributed by atoms with van der Waals surface area (Å²) >= 11 is 5.66. The van der Waals surface area contributed by atoms with E-state index in [0.29, 0.717) is 5.88 Å². The summed E-state index contributed by atoms with van der Waals surface area (Å²) in [7, 11) is 0. The van der Waals surface area contributed by atoms with Crippen molar-refractivity contribution >= 4 is 22.6 Å². The van der Waals surface area contributed by atoms with Crippen molar-refractivity contribution in [1.82, 2.24) is 0 Å². The zero-order valence-corrected chi connectivity index (χ0v) is 9.34. The zero-order chi connectivity index (χ0) is 10.4. The third-order valence-electron chi connectivity index (χ3n) is 1.67. The zero-order valence-electron chi connectivity index (χ0n) is 8.59. The Morgan fingerprint density at radius 2 is 1.93 bits per heavy atom. The highest BCUT2D eigenvalue weighted by Crippen LogP contribution is 2.17. The first-order valence-corrected chi connectivity index (χ1v) is 5.37. The summed E-state index contributed by atoms with van der Waals surface area (Å²) in [5, 5.41) is 1.11. The molecule has 1 heterocycles. The van der Waals surface area contributed by atoms with E-state index in [2.05, 4.69) is 13.8 Å². The molecule has 1 aromatic carbocycles. The normalized spacial score (nSPS) is 9.64. The van der Waals surface area contributed by atoms with Crippen LogP contribution in [0.1, 0.15) is 25.8 Å². The lowest BCUT2D eigenvalue weighted by Crippen LogP contribution is -1.74. The van der Waals surface area contributed by atoms with Crippen LogP contribution in [0.3, 0.4) is 0 Å². The molecule has 0 saturated heterocycles. The molecule has 0 aliphatic rings. The van der Waals surface area contributed by atoms with Crippen LogP contribution in [0.5, 0.6) is 0 Å². The number of benzene rings is 1. The largest absolute Gasteiger partial charge is 0.464 e. The molecule has 0 aliphatic heterocycles. The second-order valence-corrected chi connectivity index (χ2v) is 3.40. The molecule has 2 aromatic rings. The Labute approximate surface area is 89.7 Å². The Bertz CT molecular complexity index is 378. The van der Waals surface area contributed by atoms with Crippen LogP contribution in [-0.2, 0) is 5.88 Å². The van der Waals surface area contributed by atoms with Gasteiger partial charge in [0.05, 0.1) is 6.26 Å². The summed E-state index contributed by atoms with van der Waals surface area (Å²) < 4.78 is 5.17. The van der Waals surface area contributed by atoms with Gasteiger partial charge in [-0.15, -0.1) is 11.6 Å². The molecule has 0 N–H and O–H groups in total. The van der Waals surface area contributed by atoms with Crippen molar-refractivity contribution in [2.75, 3.05) is 0 Å². The fraction of sp³-hybridized carbons (Fsp3) is 0.333. The second-order valence-electron chi connectivity index (χ2n) is 3.13. The molecule has 1 aromatic heterocycles. The number of hydrogen-bond donors (Lipinski definition) is 0. The highest BCUT2D eigenvalue weighted by Gasteiger charge is 1.96. The predicted molar refractivity (Wildman–Crippen MR) is 61.7 cm³/mol. The van der Waals surface area contributed by atoms with Gasteiger partial charge in [-0.25, -0.2) is 0 Å². The number of halogens is 1. The van der Waals surface area contributed by atoms with Crippen LogP contribution in [0.25, 0.3) is 11.0 Å². The minimum atomic E-state index is 0.557. The lowest BCUT2D eigenvalue weighted by molar-refractivity contribution is 0.616. The molecule has 2 rings (SSSR count). The van der Waals surface area contributed by atoms with Gasteiger partial charge in [-0.3, -0.25) is 0 Å². The van der Waals surface area contributed by atoms with Crippen molar-refractivity contribution in [1.29, 1.82) is 0 Å². The molecule has 0 saturated carbocycles. The van der Waals surface area contributed by atoms with E-state index >= 15 is 0 Å². The highest BCUT2D eigenvalue weighted by atomic mass is 35.5. The second kappa shape index (κ2) is 5.71. The molecule has 0 radical (unpaired) electrons. The van der Waals surface area contributed by atoms with E-state index in [4.69, 9.17) is 16.0 Å². The van der Waals surface area contributed by atoms with E-state index in [9.17, 15) is 0 Å². The Balaban J connectivity index is 0.000000293. The summed E-state index contributed by atoms with van der Waals surface area (Å²) in [6.07, 6.45) is 2.93. The molecule has 1 nitrogen and oxygen atoms in total. The van der Waals surface area contributed by atoms with Crippen molar-refractivity contribution in [2.24, 2.45) is 0 Å². The van der Waals surface area contributed by atoms with E-state index in [1.807, 2.05) is 24.3 Å². The summed E-state index contributed by atoms with van der Waals surface area (Å²) in [6.45, 7) is 4.25. The molecule has 0 aliphatic carbocycles. The van der Waals surface area contributed by atoms with Crippen LogP contribution < -0.4 is 0 Å². The molecule has 0 bridgehead atoms. The van der Waals surface area contributed by atoms with Crippen molar-refractivity contribution < 1.29 is 4.42 Å². The van der Waals surface area contributed by atoms with Gasteiger partial charge in [-0.05, 0) is 23.8 Å². The number of rotatable bonds is 1. The van der Waals surface area contributed by atoms with Crippen LogP contribution in [0.4, 0.5) is 0 Å². The number of furan rings is 1. The maximum atomic E-state index is 5.66. The van der Waals surface area contributed by atoms with Crippen molar-refractivity contribution in [3.05, 3.63) is 36.1 Å². The van der Waals surface area contributed by atoms with Crippen molar-refractivity contribution in [3.63, 3.8) is 0 Å². The number of hydrogen-bond acceptors (Lipinski definition) is 1. The van der Waals surface area contributed by atoms with Gasteiger partial charge in [0.1, 0.15) is 5.58 Å². The van der Waals surface area contributed by atoms with Crippen molar-refractivity contribution in [2.45, 2.75) is 26.1 Å². The summed E-state index contributed by atoms with van der Waals surface area (Å²) in [4.78, 5) is 0. The van der Waals surface area contributed by atoms with E-state index < -0.39 is 0 Å². The molecular weight excluding hydrogens is 196 g/mol. The molecule has 0 spiro atoms. The van der Waals surface area contributed by atoms with Gasteiger partial charge in [0.2, 0.25) is 0 Å². The van der Waals surface area contributed by atoms with Crippen molar-refractivity contribution in [3.8, 4) is 0 Å². The summed E-state index contributed by atoms with van der Waals surface area (Å²) in [5.41, 5.74) is 2.04. The van der Waals surface area contributed by atoms with Gasteiger partial charge in [-0.2, -0.15) is 0 Å². The summed E-state index contributed by atoms with van der Waals surface area (Å²) in [5.74, 6) is 0.557. The molecule has 0 fully saturated rings. The van der Waals surface area contributed by atoms with E-state index in [-0.39, 0.29) is 0 Å². The standard InChI is InChI=1S/C9H7ClO.C3H8/c10-6-7-1-2-9-8(5-7)3-4-11-9;1-3-2/h1-5H,6H2;3H2,1-2H3. The monoisotopic (exact) mass is 210 g/mol. The van der Waals surface area contributed by atoms with Gasteiger partial charge < -0.3 is 4.42 Å². The lowest BCUT2D eigenvalue weighted by atomic mass is 10.2. The predicted octanol–water partition coefficient (Wildman–Crippen LogP) is 4.59. The highest BCUT2D eigenvalue weighted by molar-refractivity contribution is 6.17. The van der Waals surface area contributed by atoms with Crippen LogP contribution >= 0.6 is 11.6 Å². The average Bonchev–Trinajstić information content (AvgIpc) is 2.65. The average molecular weight is 211 g/mol. The maximum absolute atomic E-state index is 5.66. The van der Waals surface area contributed by atoms with E-state index in [1.165, 1.54) is 6.42 Å². The Morgan fingerprint density at radius 1 is 1.21 bits per heavy atom. The fourth-order valence-electron chi connectivity index (χ4n) is 1.10. The Morgan fingerprint density at radius 3 is 2.57 bits per heavy atom. The number of alkyl halides is 1. The quantitative estimate of drug-likeness (QED) is 0.628. The van der Waals surface area contributed by atoms with E-state index in [1.54, 1.807) is 6.26 Å². The van der Waals surface area contributed by atoms with Crippen LogP contribution in [0, 0.1) is 0 Å². The maximum Gasteiger partial charge on any atom is 0.133 e. The van der Waals surface area contributed by atoms with Gasteiger partial charge in [0.25, 0.3) is 0 Å². The first-order valence-electron chi connectivity index (χ1n) is 4.83. The van der Waals surface area contributed by atoms with Crippen LogP contribution in [0.2, 0.25) is 0 Å². The van der Waals surface area contributed by atoms with Crippen LogP contribution in [0.15, 0.2) is 34.9 Å². The molecule has 0 amide bonds. The van der Waals surface area contributed by atoms with Gasteiger partial charge in [0, 0.05) is 11.3 Å². The fourth-order valence-corrected chi connectivity index (χ4v) is 1.27. The lowest BCUT2D eigenvalue weighted by Gasteiger charge is -1.92. The number of fused-ring (bicyclic) bond motifs is 1. The smallest absolute Gasteiger partial charge is 0.133 e. The van der Waals surface area contributed by atoms with Crippen LogP contribution in [-0.4, -0.2) is 0 Å². The third kappa shape index (κ3) is 2.78. The van der Waals surface area contributed by atoms with Gasteiger partial charge in [0.15, 0.2) is 0 Å². The van der Waals surface area contributed by atoms with E-state index in [0.717, 1.165) is 16.5 Å². The molecule has 14 heavy (non-hydrogen) atoms. The van der Waals surface area contributed by atoms with Gasteiger partial charge in [-0.1, -0.05) is 26.3 Å². The first-order chi connectivity index (χ1) is 6.81. The molecule has 76 valence electrons. The molecule has 0 atom stereocenters. The SMILES string of the molecule is CCC.ClCc1ccc2occc2c1. The Kier molecular flexibility index (Phi) is 4.54. The topological polar surface area (TPSA) is 13.1 Å². The third-order valence-corrected chi connectivity index (χ3v) is 1.98. The minimum absolute atomic E-state index is 0.557. The van der Waals surface area contributed by atoms with Gasteiger partial charge >= 0.3 is 0 Å². The molecular formula is C12H15ClO. The Hall–Kier alpha value is -0.950.